The molecule has 3 rings (SSSR count). The zero-order chi connectivity index (χ0) is 21.1. The molecule has 1 aromatic heterocycles. The molecule has 0 spiro atoms. The van der Waals surface area contributed by atoms with Crippen molar-refractivity contribution in [2.45, 2.75) is 32.7 Å². The average molecular weight is 455 g/mol. The molecule has 1 N–H and O–H groups in total. The van der Waals surface area contributed by atoms with Gasteiger partial charge >= 0.3 is 0 Å². The third-order valence-electron chi connectivity index (χ3n) is 4.59. The first-order valence-electron chi connectivity index (χ1n) is 9.05. The molecule has 0 radical (unpaired) electrons. The second-order valence-corrected chi connectivity index (χ2v) is 9.38. The Morgan fingerprint density at radius 2 is 2.17 bits per heavy atom. The van der Waals surface area contributed by atoms with E-state index >= 15 is 0 Å². The van der Waals surface area contributed by atoms with Crippen LogP contribution in [0.25, 0.3) is 5.57 Å². The number of hydrogen-bond acceptors (Lipinski definition) is 4. The van der Waals surface area contributed by atoms with E-state index in [0.717, 1.165) is 16.5 Å². The lowest BCUT2D eigenvalue weighted by molar-refractivity contribution is -0.118. The van der Waals surface area contributed by atoms with E-state index in [0.29, 0.717) is 17.3 Å². The largest absolute Gasteiger partial charge is 0.308 e. The highest BCUT2D eigenvalue weighted by molar-refractivity contribution is 7.86. The highest BCUT2D eigenvalue weighted by Crippen LogP contribution is 2.28. The van der Waals surface area contributed by atoms with Crippen LogP contribution in [0.2, 0.25) is 4.34 Å². The third kappa shape index (κ3) is 5.01. The molecule has 1 amide bonds. The van der Waals surface area contributed by atoms with Gasteiger partial charge in [0.15, 0.2) is 5.78 Å². The molecule has 1 aliphatic heterocycles. The molecule has 154 valence electrons. The maximum Gasteiger partial charge on any atom is 0.245 e. The molecule has 1 saturated heterocycles. The molecule has 9 heteroatoms. The minimum atomic E-state index is -1.57. The van der Waals surface area contributed by atoms with Crippen molar-refractivity contribution in [2.24, 2.45) is 0 Å². The topological polar surface area (TPSA) is 66.5 Å². The van der Waals surface area contributed by atoms with Crippen molar-refractivity contribution in [3.05, 3.63) is 56.3 Å². The number of ketones is 1. The Labute approximate surface area is 180 Å². The summed E-state index contributed by atoms with van der Waals surface area (Å²) < 4.78 is 30.3. The second kappa shape index (κ2) is 9.30. The molecule has 2 atom stereocenters. The van der Waals surface area contributed by atoms with E-state index in [2.05, 4.69) is 4.72 Å². The van der Waals surface area contributed by atoms with E-state index in [1.807, 2.05) is 13.0 Å². The molecular weight excluding hydrogens is 435 g/mol. The smallest absolute Gasteiger partial charge is 0.245 e. The fraction of sp³-hybridized carbons (Fsp3) is 0.300. The summed E-state index contributed by atoms with van der Waals surface area (Å²) >= 11 is 7.30. The van der Waals surface area contributed by atoms with Crippen LogP contribution in [0.15, 0.2) is 35.7 Å². The number of carbonyl (C=O) groups is 2. The molecule has 2 aromatic rings. The number of anilines is 1. The second-order valence-electron chi connectivity index (χ2n) is 6.59. The fourth-order valence-corrected chi connectivity index (χ4v) is 5.16. The Hall–Kier alpha value is -1.87. The van der Waals surface area contributed by atoms with Gasteiger partial charge in [-0.25, -0.2) is 13.3 Å². The standard InChI is InChI=1S/C20H20ClFN2O3S2/c1-3-17(25)13-4-5-16(14(22)10-13)24-9-8-15(20(24)26)23-29(27)11-12(2)18-6-7-19(21)28-18/h4-7,10-11,15,23H,3,8-9H2,1-2H3/b12-11+. The van der Waals surface area contributed by atoms with Crippen LogP contribution in [0.1, 0.15) is 41.9 Å². The molecule has 5 nitrogen and oxygen atoms in total. The summed E-state index contributed by atoms with van der Waals surface area (Å²) in [5, 5.41) is 1.53. The monoisotopic (exact) mass is 454 g/mol. The number of hydrogen-bond donors (Lipinski definition) is 1. The van der Waals surface area contributed by atoms with Crippen molar-refractivity contribution in [3.8, 4) is 0 Å². The van der Waals surface area contributed by atoms with Crippen LogP contribution in [0.3, 0.4) is 0 Å². The van der Waals surface area contributed by atoms with Crippen LogP contribution in [-0.2, 0) is 15.8 Å². The zero-order valence-corrected chi connectivity index (χ0v) is 18.3. The average Bonchev–Trinajstić information content (AvgIpc) is 3.27. The van der Waals surface area contributed by atoms with Gasteiger partial charge < -0.3 is 4.90 Å². The van der Waals surface area contributed by atoms with Gasteiger partial charge in [-0.3, -0.25) is 9.59 Å². The van der Waals surface area contributed by atoms with Crippen LogP contribution >= 0.6 is 22.9 Å². The van der Waals surface area contributed by atoms with Crippen LogP contribution < -0.4 is 9.62 Å². The van der Waals surface area contributed by atoms with Crippen LogP contribution in [0, 0.1) is 5.82 Å². The van der Waals surface area contributed by atoms with E-state index in [9.17, 15) is 18.2 Å². The van der Waals surface area contributed by atoms with E-state index in [1.54, 1.807) is 13.0 Å². The van der Waals surface area contributed by atoms with Crippen molar-refractivity contribution in [2.75, 3.05) is 11.4 Å². The summed E-state index contributed by atoms with van der Waals surface area (Å²) in [6.45, 7) is 3.83. The number of amides is 1. The lowest BCUT2D eigenvalue weighted by Gasteiger charge is -2.18. The van der Waals surface area contributed by atoms with Gasteiger partial charge in [0.1, 0.15) is 22.8 Å². The van der Waals surface area contributed by atoms with Crippen molar-refractivity contribution in [1.29, 1.82) is 0 Å². The summed E-state index contributed by atoms with van der Waals surface area (Å²) in [7, 11) is -1.57. The molecule has 29 heavy (non-hydrogen) atoms. The number of allylic oxidation sites excluding steroid dienone is 1. The van der Waals surface area contributed by atoms with E-state index in [4.69, 9.17) is 11.6 Å². The highest BCUT2D eigenvalue weighted by atomic mass is 35.5. The number of rotatable bonds is 7. The van der Waals surface area contributed by atoms with Crippen LogP contribution in [0.4, 0.5) is 10.1 Å². The Kier molecular flexibility index (Phi) is 7.00. The normalized spacial score (nSPS) is 18.3. The minimum Gasteiger partial charge on any atom is -0.308 e. The molecular formula is C20H20ClFN2O3S2. The predicted molar refractivity (Wildman–Crippen MR) is 116 cm³/mol. The molecule has 0 bridgehead atoms. The first kappa shape index (κ1) is 21.8. The van der Waals surface area contributed by atoms with E-state index in [1.165, 1.54) is 33.8 Å². The molecule has 2 heterocycles. The van der Waals surface area contributed by atoms with Gasteiger partial charge in [-0.2, -0.15) is 0 Å². The Bertz CT molecular complexity index is 1010. The molecule has 1 aliphatic rings. The lowest BCUT2D eigenvalue weighted by atomic mass is 10.1. The third-order valence-corrected chi connectivity index (χ3v) is 7.04. The highest BCUT2D eigenvalue weighted by Gasteiger charge is 2.34. The Balaban J connectivity index is 1.68. The van der Waals surface area contributed by atoms with Crippen molar-refractivity contribution < 1.29 is 18.2 Å². The van der Waals surface area contributed by atoms with Gasteiger partial charge in [0, 0.05) is 28.8 Å². The fourth-order valence-electron chi connectivity index (χ4n) is 3.05. The number of carbonyl (C=O) groups excluding carboxylic acids is 2. The van der Waals surface area contributed by atoms with Crippen LogP contribution in [0.5, 0.6) is 0 Å². The number of halogens is 2. The minimum absolute atomic E-state index is 0.123. The summed E-state index contributed by atoms with van der Waals surface area (Å²) in [4.78, 5) is 26.6. The number of nitrogens with one attached hydrogen (secondary N) is 1. The number of thiophene rings is 1. The summed E-state index contributed by atoms with van der Waals surface area (Å²) in [5.74, 6) is -1.13. The van der Waals surface area contributed by atoms with Crippen LogP contribution in [-0.4, -0.2) is 28.5 Å². The van der Waals surface area contributed by atoms with Crippen molar-refractivity contribution in [1.82, 2.24) is 4.72 Å². The maximum absolute atomic E-state index is 14.5. The number of benzene rings is 1. The SMILES string of the molecule is CCC(=O)c1ccc(N2CCC(NS(=O)/C=C(\C)c3ccc(Cl)s3)C2=O)c(F)c1. The van der Waals surface area contributed by atoms with Gasteiger partial charge in [-0.05, 0) is 49.2 Å². The van der Waals surface area contributed by atoms with Gasteiger partial charge in [0.2, 0.25) is 5.91 Å². The zero-order valence-electron chi connectivity index (χ0n) is 15.9. The number of Topliss-reactive ketones (excluding diaryl/α,β-unsaturated/α-hetero) is 1. The molecule has 1 fully saturated rings. The maximum atomic E-state index is 14.5. The van der Waals surface area contributed by atoms with Crippen molar-refractivity contribution >= 4 is 56.9 Å². The van der Waals surface area contributed by atoms with Gasteiger partial charge in [-0.15, -0.1) is 11.3 Å². The van der Waals surface area contributed by atoms with Crippen molar-refractivity contribution in [3.63, 3.8) is 0 Å². The molecule has 0 saturated carbocycles. The lowest BCUT2D eigenvalue weighted by Crippen LogP contribution is -2.39. The number of nitrogens with zero attached hydrogens (tertiary/aromatic N) is 1. The summed E-state index contributed by atoms with van der Waals surface area (Å²) in [5.41, 5.74) is 1.19. The first-order valence-corrected chi connectivity index (χ1v) is 11.5. The quantitative estimate of drug-likeness (QED) is 0.624. The summed E-state index contributed by atoms with van der Waals surface area (Å²) in [6, 6.07) is 7.05. The predicted octanol–water partition coefficient (Wildman–Crippen LogP) is 4.55. The van der Waals surface area contributed by atoms with Gasteiger partial charge in [-0.1, -0.05) is 18.5 Å². The Morgan fingerprint density at radius 1 is 1.41 bits per heavy atom. The molecule has 0 aliphatic carbocycles. The van der Waals surface area contributed by atoms with Gasteiger partial charge in [0.25, 0.3) is 0 Å². The first-order chi connectivity index (χ1) is 13.8. The molecule has 1 aromatic carbocycles. The molecule has 2 unspecified atom stereocenters. The van der Waals surface area contributed by atoms with E-state index in [-0.39, 0.29) is 29.4 Å². The van der Waals surface area contributed by atoms with Gasteiger partial charge in [0.05, 0.1) is 10.0 Å². The Morgan fingerprint density at radius 3 is 2.79 bits per heavy atom. The summed E-state index contributed by atoms with van der Waals surface area (Å²) in [6.07, 6.45) is 0.682. The van der Waals surface area contributed by atoms with E-state index < -0.39 is 22.8 Å².